The van der Waals surface area contributed by atoms with Gasteiger partial charge in [-0.15, -0.1) is 0 Å². The van der Waals surface area contributed by atoms with Gasteiger partial charge in [-0.05, 0) is 35.4 Å². The molecule has 1 saturated heterocycles. The smallest absolute Gasteiger partial charge is 0.269 e. The molecule has 5 aromatic rings. The second-order valence-electron chi connectivity index (χ2n) is 10.8. The molecular weight excluding hydrogens is 596 g/mol. The molecule has 0 spiro atoms. The predicted octanol–water partition coefficient (Wildman–Crippen LogP) is 4.08. The van der Waals surface area contributed by atoms with Crippen LogP contribution in [-0.4, -0.2) is 61.1 Å². The number of nitrogens with one attached hydrogen (secondary N) is 2. The molecule has 3 amide bonds. The van der Waals surface area contributed by atoms with E-state index in [-0.39, 0.29) is 41.5 Å². The number of H-pyrrole nitrogens is 1. The summed E-state index contributed by atoms with van der Waals surface area (Å²) >= 11 is 6.51. The number of likely N-dealkylation sites (tertiary alicyclic amines) is 1. The molecule has 0 saturated carbocycles. The highest BCUT2D eigenvalue weighted by Gasteiger charge is 2.40. The number of amides is 3. The summed E-state index contributed by atoms with van der Waals surface area (Å²) in [6.45, 7) is 0.0451. The third kappa shape index (κ3) is 4.64. The first kappa shape index (κ1) is 27.9. The van der Waals surface area contributed by atoms with Gasteiger partial charge in [0.1, 0.15) is 24.3 Å². The number of fused-ring (bicyclic) bond motifs is 3. The molecule has 0 unspecified atom stereocenters. The Labute approximate surface area is 252 Å². The highest BCUT2D eigenvalue weighted by atomic mass is 35.5. The molecule has 2 aliphatic heterocycles. The minimum atomic E-state index is -1.47. The van der Waals surface area contributed by atoms with Gasteiger partial charge in [-0.3, -0.25) is 19.1 Å². The van der Waals surface area contributed by atoms with Crippen LogP contribution in [0, 0.1) is 5.82 Å². The average Bonchev–Trinajstić information content (AvgIpc) is 3.79. The summed E-state index contributed by atoms with van der Waals surface area (Å²) in [6, 6.07) is 10.1. The summed E-state index contributed by atoms with van der Waals surface area (Å²) in [5.74, 6) is -2.86. The molecular formula is C30H24ClF2N7O4. The number of anilines is 1. The van der Waals surface area contributed by atoms with E-state index in [4.69, 9.17) is 22.1 Å². The number of ether oxygens (including phenoxy) is 1. The van der Waals surface area contributed by atoms with Crippen LogP contribution in [0.25, 0.3) is 33.1 Å². The van der Waals surface area contributed by atoms with E-state index in [2.05, 4.69) is 20.4 Å². The van der Waals surface area contributed by atoms with E-state index in [0.717, 1.165) is 16.0 Å². The van der Waals surface area contributed by atoms with E-state index in [1.807, 2.05) is 0 Å². The second-order valence-corrected chi connectivity index (χ2v) is 11.2. The maximum atomic E-state index is 15.7. The van der Waals surface area contributed by atoms with Crippen molar-refractivity contribution in [3.63, 3.8) is 0 Å². The molecule has 1 fully saturated rings. The number of primary amides is 1. The van der Waals surface area contributed by atoms with Crippen LogP contribution in [0.15, 0.2) is 48.8 Å². The Hall–Kier alpha value is -4.88. The van der Waals surface area contributed by atoms with Gasteiger partial charge in [-0.1, -0.05) is 29.8 Å². The van der Waals surface area contributed by atoms with E-state index in [9.17, 15) is 18.8 Å². The summed E-state index contributed by atoms with van der Waals surface area (Å²) < 4.78 is 37.2. The van der Waals surface area contributed by atoms with Gasteiger partial charge in [0, 0.05) is 22.9 Å². The zero-order chi connectivity index (χ0) is 30.7. The van der Waals surface area contributed by atoms with E-state index in [1.54, 1.807) is 30.3 Å². The fraction of sp³-hybridized carbons (Fsp3) is 0.233. The van der Waals surface area contributed by atoms with Crippen LogP contribution in [0.1, 0.15) is 28.0 Å². The average molecular weight is 620 g/mol. The number of halogens is 3. The Morgan fingerprint density at radius 3 is 2.73 bits per heavy atom. The molecule has 2 aromatic heterocycles. The molecule has 0 aliphatic carbocycles. The first-order valence-electron chi connectivity index (χ1n) is 13.7. The number of alkyl halides is 1. The van der Waals surface area contributed by atoms with E-state index >= 15 is 4.39 Å². The largest absolute Gasteiger partial charge is 0.372 e. The predicted molar refractivity (Wildman–Crippen MR) is 157 cm³/mol. The minimum Gasteiger partial charge on any atom is -0.372 e. The molecule has 3 aromatic carbocycles. The van der Waals surface area contributed by atoms with Crippen molar-refractivity contribution in [3.05, 3.63) is 76.5 Å². The van der Waals surface area contributed by atoms with Crippen molar-refractivity contribution in [1.82, 2.24) is 24.6 Å². The van der Waals surface area contributed by atoms with Gasteiger partial charge in [-0.2, -0.15) is 5.10 Å². The molecule has 7 rings (SSSR count). The molecule has 4 heterocycles. The number of aromatic amines is 1. The number of nitrogens with zero attached hydrogens (tertiary/aromatic N) is 4. The highest BCUT2D eigenvalue weighted by molar-refractivity contribution is 6.37. The third-order valence-corrected chi connectivity index (χ3v) is 8.44. The monoisotopic (exact) mass is 619 g/mol. The summed E-state index contributed by atoms with van der Waals surface area (Å²) in [7, 11) is 0. The van der Waals surface area contributed by atoms with Gasteiger partial charge in [0.15, 0.2) is 11.5 Å². The lowest BCUT2D eigenvalue weighted by atomic mass is 10.0. The highest BCUT2D eigenvalue weighted by Crippen LogP contribution is 2.36. The Kier molecular flexibility index (Phi) is 6.78. The van der Waals surface area contributed by atoms with Crippen LogP contribution in [0.4, 0.5) is 14.5 Å². The summed E-state index contributed by atoms with van der Waals surface area (Å²) in [6.07, 6.45) is -0.259. The van der Waals surface area contributed by atoms with E-state index in [1.165, 1.54) is 23.1 Å². The van der Waals surface area contributed by atoms with Gasteiger partial charge < -0.3 is 25.7 Å². The molecule has 0 bridgehead atoms. The molecule has 11 nitrogen and oxygen atoms in total. The van der Waals surface area contributed by atoms with Gasteiger partial charge in [0.05, 0.1) is 47.8 Å². The van der Waals surface area contributed by atoms with Crippen molar-refractivity contribution in [3.8, 4) is 11.1 Å². The zero-order valence-electron chi connectivity index (χ0n) is 22.9. The van der Waals surface area contributed by atoms with Crippen molar-refractivity contribution in [2.24, 2.45) is 5.73 Å². The number of nitrogens with two attached hydrogens (primary N) is 1. The van der Waals surface area contributed by atoms with Crippen LogP contribution in [0.3, 0.4) is 0 Å². The number of carbonyl (C=O) groups is 3. The molecule has 4 N–H and O–H groups in total. The van der Waals surface area contributed by atoms with Crippen molar-refractivity contribution >= 4 is 56.9 Å². The van der Waals surface area contributed by atoms with Gasteiger partial charge in [-0.25, -0.2) is 13.8 Å². The lowest BCUT2D eigenvalue weighted by Crippen LogP contribution is -2.44. The van der Waals surface area contributed by atoms with Gasteiger partial charge >= 0.3 is 0 Å². The maximum Gasteiger partial charge on any atom is 0.269 e. The van der Waals surface area contributed by atoms with Crippen LogP contribution < -0.4 is 11.1 Å². The number of hydrogen-bond acceptors (Lipinski definition) is 6. The topological polar surface area (TPSA) is 148 Å². The van der Waals surface area contributed by atoms with Crippen molar-refractivity contribution in [2.45, 2.75) is 38.4 Å². The molecule has 2 aliphatic rings. The molecule has 44 heavy (non-hydrogen) atoms. The number of rotatable bonds is 6. The lowest BCUT2D eigenvalue weighted by Gasteiger charge is -2.24. The molecule has 0 radical (unpaired) electrons. The second kappa shape index (κ2) is 10.7. The minimum absolute atomic E-state index is 0.0107. The maximum absolute atomic E-state index is 15.7. The Morgan fingerprint density at radius 2 is 1.93 bits per heavy atom. The van der Waals surface area contributed by atoms with Crippen molar-refractivity contribution < 1.29 is 27.9 Å². The fourth-order valence-electron chi connectivity index (χ4n) is 5.91. The quantitative estimate of drug-likeness (QED) is 0.261. The Balaban J connectivity index is 1.14. The lowest BCUT2D eigenvalue weighted by molar-refractivity contribution is -0.137. The first-order chi connectivity index (χ1) is 21.2. The van der Waals surface area contributed by atoms with Crippen LogP contribution in [-0.2, 0) is 34.1 Å². The van der Waals surface area contributed by atoms with Gasteiger partial charge in [0.2, 0.25) is 11.8 Å². The third-order valence-electron chi connectivity index (χ3n) is 8.06. The number of aromatic nitrogens is 4. The first-order valence-corrected chi connectivity index (χ1v) is 14.1. The number of benzene rings is 3. The normalized spacial score (nSPS) is 17.8. The van der Waals surface area contributed by atoms with Crippen molar-refractivity contribution in [2.75, 3.05) is 11.9 Å². The van der Waals surface area contributed by atoms with Crippen molar-refractivity contribution in [1.29, 1.82) is 0 Å². The summed E-state index contributed by atoms with van der Waals surface area (Å²) in [5, 5.41) is 7.49. The number of imidazole rings is 1. The fourth-order valence-corrected chi connectivity index (χ4v) is 6.23. The van der Waals surface area contributed by atoms with E-state index in [0.29, 0.717) is 40.7 Å². The summed E-state index contributed by atoms with van der Waals surface area (Å²) in [5.41, 5.74) is 9.31. The Bertz CT molecular complexity index is 2010. The number of carbonyl (C=O) groups excluding carboxylic acids is 3. The number of hydrogen-bond donors (Lipinski definition) is 3. The Morgan fingerprint density at radius 1 is 1.14 bits per heavy atom. The SMILES string of the molecule is NC(=O)c1nn(CC(=O)N2C[C@H](F)C[C@H]2C(=O)Nc2cccc(-c3ccc4[nH]cnc4c3Cl)c2F)c2cc3c(cc12)COC3. The van der Waals surface area contributed by atoms with Crippen LogP contribution >= 0.6 is 11.6 Å². The molecule has 2 atom stereocenters. The zero-order valence-corrected chi connectivity index (χ0v) is 23.7. The van der Waals surface area contributed by atoms with Gasteiger partial charge in [0.25, 0.3) is 5.91 Å². The van der Waals surface area contributed by atoms with E-state index < -0.39 is 35.8 Å². The standard InChI is InChI=1S/C30H24ClF2N7O4/c31-25-17(4-5-21-28(25)36-13-35-21)18-2-1-3-20(26(18)33)37-30(43)23-8-16(32)9-39(23)24(41)10-40-22-7-15-12-44-11-14(15)6-19(22)27(38-40)29(34)42/h1-7,13,16,23H,8-12H2,(H2,34,42)(H,35,36)(H,37,43)/t16-,23+/m1/s1. The molecule has 14 heteroatoms. The summed E-state index contributed by atoms with van der Waals surface area (Å²) in [4.78, 5) is 47.2. The van der Waals surface area contributed by atoms with Crippen LogP contribution in [0.2, 0.25) is 5.02 Å². The molecule has 224 valence electrons. The van der Waals surface area contributed by atoms with Crippen LogP contribution in [0.5, 0.6) is 0 Å².